The van der Waals surface area contributed by atoms with Crippen molar-refractivity contribution in [2.24, 2.45) is 11.7 Å². The fraction of sp³-hybridized carbons (Fsp3) is 0.556. The monoisotopic (exact) mass is 272 g/mol. The van der Waals surface area contributed by atoms with Crippen LogP contribution in [-0.4, -0.2) is 11.1 Å². The van der Waals surface area contributed by atoms with Crippen molar-refractivity contribution in [1.82, 2.24) is 4.57 Å². The van der Waals surface area contributed by atoms with Gasteiger partial charge in [0.25, 0.3) is 0 Å². The predicted molar refractivity (Wildman–Crippen MR) is 88.0 cm³/mol. The van der Waals surface area contributed by atoms with Crippen LogP contribution < -0.4 is 5.73 Å². The highest BCUT2D eigenvalue weighted by molar-refractivity contribution is 5.84. The fourth-order valence-corrected chi connectivity index (χ4v) is 2.96. The van der Waals surface area contributed by atoms with Crippen LogP contribution in [0.1, 0.15) is 45.1 Å². The Hall–Kier alpha value is -1.28. The van der Waals surface area contributed by atoms with E-state index in [-0.39, 0.29) is 0 Å². The largest absolute Gasteiger partial charge is 0.347 e. The Morgan fingerprint density at radius 2 is 1.85 bits per heavy atom. The van der Waals surface area contributed by atoms with E-state index in [1.54, 1.807) is 0 Å². The zero-order chi connectivity index (χ0) is 14.4. The SMILES string of the molecule is CCC(CC)Cn1cc(CCCCN)c2ccccc21. The topological polar surface area (TPSA) is 30.9 Å². The molecule has 2 aromatic rings. The molecule has 0 aliphatic rings. The highest BCUT2D eigenvalue weighted by atomic mass is 15.0. The molecule has 0 aliphatic carbocycles. The molecule has 2 heteroatoms. The maximum Gasteiger partial charge on any atom is 0.0483 e. The normalized spacial score (nSPS) is 11.6. The summed E-state index contributed by atoms with van der Waals surface area (Å²) in [7, 11) is 0. The Balaban J connectivity index is 2.25. The number of nitrogens with zero attached hydrogens (tertiary/aromatic N) is 1. The molecule has 20 heavy (non-hydrogen) atoms. The van der Waals surface area contributed by atoms with E-state index in [1.807, 2.05) is 0 Å². The van der Waals surface area contributed by atoms with Gasteiger partial charge in [0.1, 0.15) is 0 Å². The number of para-hydroxylation sites is 1. The molecule has 1 aromatic carbocycles. The van der Waals surface area contributed by atoms with Crippen LogP contribution >= 0.6 is 0 Å². The molecule has 0 radical (unpaired) electrons. The van der Waals surface area contributed by atoms with Gasteiger partial charge >= 0.3 is 0 Å². The van der Waals surface area contributed by atoms with Crippen LogP contribution in [0.25, 0.3) is 10.9 Å². The molecule has 0 saturated carbocycles. The molecular weight excluding hydrogens is 244 g/mol. The van der Waals surface area contributed by atoms with Gasteiger partial charge in [-0.1, -0.05) is 44.9 Å². The summed E-state index contributed by atoms with van der Waals surface area (Å²) in [6.07, 6.45) is 8.34. The van der Waals surface area contributed by atoms with E-state index in [0.717, 1.165) is 31.8 Å². The van der Waals surface area contributed by atoms with E-state index in [9.17, 15) is 0 Å². The summed E-state index contributed by atoms with van der Waals surface area (Å²) in [4.78, 5) is 0. The predicted octanol–water partition coefficient (Wildman–Crippen LogP) is 4.36. The van der Waals surface area contributed by atoms with Gasteiger partial charge in [-0.2, -0.15) is 0 Å². The summed E-state index contributed by atoms with van der Waals surface area (Å²) in [5.74, 6) is 0.780. The molecule has 0 atom stereocenters. The van der Waals surface area contributed by atoms with Crippen LogP contribution in [0, 0.1) is 5.92 Å². The summed E-state index contributed by atoms with van der Waals surface area (Å²) in [6.45, 7) is 6.53. The third-order valence-electron chi connectivity index (χ3n) is 4.38. The maximum absolute atomic E-state index is 5.61. The molecule has 1 heterocycles. The lowest BCUT2D eigenvalue weighted by Crippen LogP contribution is -2.08. The van der Waals surface area contributed by atoms with E-state index < -0.39 is 0 Å². The standard InChI is InChI=1S/C18H28N2/c1-3-15(4-2)13-20-14-16(9-7-8-12-19)17-10-5-6-11-18(17)20/h5-6,10-11,14-15H,3-4,7-9,12-13,19H2,1-2H3. The summed E-state index contributed by atoms with van der Waals surface area (Å²) in [5.41, 5.74) is 8.48. The Bertz CT molecular complexity index is 523. The maximum atomic E-state index is 5.61. The van der Waals surface area contributed by atoms with Gasteiger partial charge in [-0.3, -0.25) is 0 Å². The van der Waals surface area contributed by atoms with Gasteiger partial charge in [0, 0.05) is 23.6 Å². The number of benzene rings is 1. The summed E-state index contributed by atoms with van der Waals surface area (Å²) in [6, 6.07) is 8.81. The quantitative estimate of drug-likeness (QED) is 0.711. The van der Waals surface area contributed by atoms with Gasteiger partial charge < -0.3 is 10.3 Å². The van der Waals surface area contributed by atoms with Crippen molar-refractivity contribution in [1.29, 1.82) is 0 Å². The van der Waals surface area contributed by atoms with E-state index >= 15 is 0 Å². The zero-order valence-corrected chi connectivity index (χ0v) is 12.9. The van der Waals surface area contributed by atoms with Crippen molar-refractivity contribution in [3.05, 3.63) is 36.0 Å². The van der Waals surface area contributed by atoms with Crippen molar-refractivity contribution in [3.63, 3.8) is 0 Å². The average Bonchev–Trinajstić information content (AvgIpc) is 2.83. The minimum absolute atomic E-state index is 0.780. The van der Waals surface area contributed by atoms with Crippen LogP contribution in [0.5, 0.6) is 0 Å². The van der Waals surface area contributed by atoms with E-state index in [0.29, 0.717) is 0 Å². The van der Waals surface area contributed by atoms with E-state index in [1.165, 1.54) is 35.7 Å². The van der Waals surface area contributed by atoms with Gasteiger partial charge in [-0.25, -0.2) is 0 Å². The molecule has 2 rings (SSSR count). The van der Waals surface area contributed by atoms with Gasteiger partial charge in [0.2, 0.25) is 0 Å². The number of aromatic nitrogens is 1. The first kappa shape index (κ1) is 15.1. The Morgan fingerprint density at radius 1 is 1.10 bits per heavy atom. The zero-order valence-electron chi connectivity index (χ0n) is 12.9. The lowest BCUT2D eigenvalue weighted by Gasteiger charge is -2.14. The summed E-state index contributed by atoms with van der Waals surface area (Å²) < 4.78 is 2.46. The second-order valence-electron chi connectivity index (χ2n) is 5.75. The molecule has 0 saturated heterocycles. The van der Waals surface area contributed by atoms with Gasteiger partial charge in [0.05, 0.1) is 0 Å². The Morgan fingerprint density at radius 3 is 2.55 bits per heavy atom. The molecular formula is C18H28N2. The molecule has 2 N–H and O–H groups in total. The van der Waals surface area contributed by atoms with E-state index in [4.69, 9.17) is 5.73 Å². The van der Waals surface area contributed by atoms with Gasteiger partial charge in [-0.15, -0.1) is 0 Å². The van der Waals surface area contributed by atoms with Crippen LogP contribution in [0.4, 0.5) is 0 Å². The average molecular weight is 272 g/mol. The van der Waals surface area contributed by atoms with Crippen molar-refractivity contribution < 1.29 is 0 Å². The summed E-state index contributed by atoms with van der Waals surface area (Å²) in [5, 5.41) is 1.43. The summed E-state index contributed by atoms with van der Waals surface area (Å²) >= 11 is 0. The Labute approximate surface area is 123 Å². The first-order valence-electron chi connectivity index (χ1n) is 8.06. The van der Waals surface area contributed by atoms with Gasteiger partial charge in [0.15, 0.2) is 0 Å². The van der Waals surface area contributed by atoms with Crippen LogP contribution in [0.2, 0.25) is 0 Å². The number of unbranched alkanes of at least 4 members (excludes halogenated alkanes) is 1. The van der Waals surface area contributed by atoms with Crippen LogP contribution in [0.15, 0.2) is 30.5 Å². The minimum atomic E-state index is 0.780. The lowest BCUT2D eigenvalue weighted by atomic mass is 10.0. The third-order valence-corrected chi connectivity index (χ3v) is 4.38. The fourth-order valence-electron chi connectivity index (χ4n) is 2.96. The highest BCUT2D eigenvalue weighted by Gasteiger charge is 2.11. The first-order chi connectivity index (χ1) is 9.80. The molecule has 0 aliphatic heterocycles. The smallest absolute Gasteiger partial charge is 0.0483 e. The number of aryl methyl sites for hydroxylation is 1. The van der Waals surface area contributed by atoms with Crippen LogP contribution in [0.3, 0.4) is 0 Å². The first-order valence-corrected chi connectivity index (χ1v) is 8.06. The molecule has 0 spiro atoms. The van der Waals surface area contributed by atoms with Gasteiger partial charge in [-0.05, 0) is 43.4 Å². The van der Waals surface area contributed by atoms with Crippen molar-refractivity contribution >= 4 is 10.9 Å². The third kappa shape index (κ3) is 3.43. The molecule has 0 unspecified atom stereocenters. The molecule has 0 fully saturated rings. The van der Waals surface area contributed by atoms with Crippen molar-refractivity contribution in [2.45, 2.75) is 52.5 Å². The molecule has 1 aromatic heterocycles. The minimum Gasteiger partial charge on any atom is -0.347 e. The Kier molecular flexibility index (Phi) is 5.66. The van der Waals surface area contributed by atoms with E-state index in [2.05, 4.69) is 48.9 Å². The molecule has 0 amide bonds. The molecule has 2 nitrogen and oxygen atoms in total. The number of hydrogen-bond donors (Lipinski definition) is 1. The molecule has 0 bridgehead atoms. The lowest BCUT2D eigenvalue weighted by molar-refractivity contribution is 0.425. The number of rotatable bonds is 8. The highest BCUT2D eigenvalue weighted by Crippen LogP contribution is 2.25. The molecule has 110 valence electrons. The second-order valence-corrected chi connectivity index (χ2v) is 5.75. The van der Waals surface area contributed by atoms with Crippen LogP contribution in [-0.2, 0) is 13.0 Å². The second kappa shape index (κ2) is 7.49. The van der Waals surface area contributed by atoms with Crippen molar-refractivity contribution in [3.8, 4) is 0 Å². The number of nitrogens with two attached hydrogens (primary N) is 1. The number of hydrogen-bond acceptors (Lipinski definition) is 1. The number of fused-ring (bicyclic) bond motifs is 1. The van der Waals surface area contributed by atoms with Crippen molar-refractivity contribution in [2.75, 3.05) is 6.54 Å².